The average molecular weight is 220 g/mol. The number of aromatic nitrogens is 4. The molecule has 0 saturated heterocycles. The fraction of sp³-hybridized carbons (Fsp3) is 0.222. The molecule has 0 radical (unpaired) electrons. The van der Waals surface area contributed by atoms with E-state index < -0.39 is 0 Å². The van der Waals surface area contributed by atoms with E-state index in [1.54, 1.807) is 6.20 Å². The number of carbonyl (C=O) groups is 1. The quantitative estimate of drug-likeness (QED) is 0.581. The average Bonchev–Trinajstić information content (AvgIpc) is 2.84. The molecule has 0 aliphatic rings. The molecule has 1 amide bonds. The molecule has 5 N–H and O–H groups in total. The third kappa shape index (κ3) is 1.88. The van der Waals surface area contributed by atoms with Crippen LogP contribution in [0.15, 0.2) is 12.4 Å². The number of amides is 1. The third-order valence-corrected chi connectivity index (χ3v) is 2.27. The van der Waals surface area contributed by atoms with Crippen LogP contribution in [0.25, 0.3) is 0 Å². The number of hydrogen-bond acceptors (Lipinski definition) is 4. The Kier molecular flexibility index (Phi) is 2.59. The van der Waals surface area contributed by atoms with E-state index in [4.69, 9.17) is 5.73 Å². The van der Waals surface area contributed by atoms with E-state index in [1.165, 1.54) is 6.20 Å². The zero-order chi connectivity index (χ0) is 11.5. The Morgan fingerprint density at radius 1 is 1.44 bits per heavy atom. The molecule has 0 aliphatic carbocycles. The van der Waals surface area contributed by atoms with E-state index in [-0.39, 0.29) is 11.6 Å². The second kappa shape index (κ2) is 4.05. The van der Waals surface area contributed by atoms with Crippen molar-refractivity contribution in [3.63, 3.8) is 0 Å². The second-order valence-corrected chi connectivity index (χ2v) is 3.40. The first-order chi connectivity index (χ1) is 7.68. The Balaban J connectivity index is 1.99. The van der Waals surface area contributed by atoms with Crippen LogP contribution in [-0.4, -0.2) is 26.3 Å². The lowest BCUT2D eigenvalue weighted by atomic mass is 10.2. The van der Waals surface area contributed by atoms with E-state index in [2.05, 4.69) is 25.7 Å². The van der Waals surface area contributed by atoms with Crippen LogP contribution in [0.1, 0.15) is 21.7 Å². The van der Waals surface area contributed by atoms with Crippen LogP contribution in [0.3, 0.4) is 0 Å². The number of nitrogens with zero attached hydrogens (tertiary/aromatic N) is 2. The summed E-state index contributed by atoms with van der Waals surface area (Å²) in [7, 11) is 0. The largest absolute Gasteiger partial charge is 0.396 e. The molecule has 0 bridgehead atoms. The summed E-state index contributed by atoms with van der Waals surface area (Å²) in [5.74, 6) is -0.282. The summed E-state index contributed by atoms with van der Waals surface area (Å²) in [5, 5.41) is 15.6. The number of carbonyl (C=O) groups excluding carboxylic acids is 1. The van der Waals surface area contributed by atoms with Gasteiger partial charge < -0.3 is 11.1 Å². The van der Waals surface area contributed by atoms with Gasteiger partial charge in [0.2, 0.25) is 0 Å². The molecule has 0 aromatic carbocycles. The highest BCUT2D eigenvalue weighted by Gasteiger charge is 2.11. The van der Waals surface area contributed by atoms with E-state index >= 15 is 0 Å². The standard InChI is InChI=1S/C9H12N6O/c1-5-6(3-12-14-5)2-11-9(16)8-7(10)4-13-15-8/h3-4H,2,10H2,1H3,(H,11,16)(H,12,14)(H,13,15). The van der Waals surface area contributed by atoms with Gasteiger partial charge in [0.15, 0.2) is 0 Å². The zero-order valence-corrected chi connectivity index (χ0v) is 8.74. The van der Waals surface area contributed by atoms with E-state index in [1.807, 2.05) is 6.92 Å². The third-order valence-electron chi connectivity index (χ3n) is 2.27. The van der Waals surface area contributed by atoms with Gasteiger partial charge in [-0.3, -0.25) is 15.0 Å². The Labute approximate surface area is 91.4 Å². The number of hydrogen-bond donors (Lipinski definition) is 4. The van der Waals surface area contributed by atoms with Crippen molar-refractivity contribution in [2.24, 2.45) is 0 Å². The molecule has 84 valence electrons. The van der Waals surface area contributed by atoms with Gasteiger partial charge in [-0.1, -0.05) is 0 Å². The van der Waals surface area contributed by atoms with Crippen LogP contribution >= 0.6 is 0 Å². The molecule has 0 aliphatic heterocycles. The maximum Gasteiger partial charge on any atom is 0.271 e. The molecule has 0 atom stereocenters. The molecule has 7 nitrogen and oxygen atoms in total. The lowest BCUT2D eigenvalue weighted by Crippen LogP contribution is -2.24. The molecule has 7 heteroatoms. The highest BCUT2D eigenvalue weighted by Crippen LogP contribution is 2.06. The Morgan fingerprint density at radius 2 is 2.19 bits per heavy atom. The number of nitrogens with two attached hydrogens (primary N) is 1. The Morgan fingerprint density at radius 3 is 2.75 bits per heavy atom. The number of anilines is 1. The fourth-order valence-electron chi connectivity index (χ4n) is 1.30. The summed E-state index contributed by atoms with van der Waals surface area (Å²) in [6, 6.07) is 0. The molecule has 0 spiro atoms. The first kappa shape index (κ1) is 10.2. The summed E-state index contributed by atoms with van der Waals surface area (Å²) in [6.07, 6.45) is 3.07. The van der Waals surface area contributed by atoms with Crippen molar-refractivity contribution >= 4 is 11.6 Å². The van der Waals surface area contributed by atoms with Gasteiger partial charge in [-0.15, -0.1) is 0 Å². The number of aromatic amines is 2. The van der Waals surface area contributed by atoms with Crippen molar-refractivity contribution in [3.8, 4) is 0 Å². The number of nitrogens with one attached hydrogen (secondary N) is 3. The van der Waals surface area contributed by atoms with Gasteiger partial charge >= 0.3 is 0 Å². The van der Waals surface area contributed by atoms with Gasteiger partial charge in [0, 0.05) is 17.8 Å². The summed E-state index contributed by atoms with van der Waals surface area (Å²) >= 11 is 0. The SMILES string of the molecule is Cc1[nH]ncc1CNC(=O)c1[nH]ncc1N. The minimum Gasteiger partial charge on any atom is -0.396 e. The molecule has 2 aromatic heterocycles. The van der Waals surface area contributed by atoms with Crippen molar-refractivity contribution in [2.45, 2.75) is 13.5 Å². The molecular formula is C9H12N6O. The molecule has 0 unspecified atom stereocenters. The lowest BCUT2D eigenvalue weighted by Gasteiger charge is -2.02. The molecule has 0 saturated carbocycles. The summed E-state index contributed by atoms with van der Waals surface area (Å²) in [4.78, 5) is 11.6. The van der Waals surface area contributed by atoms with Crippen LogP contribution in [0, 0.1) is 6.92 Å². The monoisotopic (exact) mass is 220 g/mol. The van der Waals surface area contributed by atoms with Gasteiger partial charge in [0.05, 0.1) is 18.1 Å². The van der Waals surface area contributed by atoms with Gasteiger partial charge in [-0.25, -0.2) is 0 Å². The van der Waals surface area contributed by atoms with Crippen LogP contribution in [-0.2, 0) is 6.54 Å². The van der Waals surface area contributed by atoms with Gasteiger partial charge in [0.1, 0.15) is 5.69 Å². The van der Waals surface area contributed by atoms with Crippen molar-refractivity contribution in [3.05, 3.63) is 29.3 Å². The Hall–Kier alpha value is -2.31. The summed E-state index contributed by atoms with van der Waals surface area (Å²) in [6.45, 7) is 2.29. The minimum absolute atomic E-state index is 0.279. The Bertz CT molecular complexity index is 500. The maximum atomic E-state index is 11.6. The molecule has 2 heterocycles. The predicted octanol–water partition coefficient (Wildman–Crippen LogP) is -0.0466. The maximum absolute atomic E-state index is 11.6. The van der Waals surface area contributed by atoms with E-state index in [0.717, 1.165) is 11.3 Å². The first-order valence-corrected chi connectivity index (χ1v) is 4.74. The van der Waals surface area contributed by atoms with Crippen LogP contribution in [0.5, 0.6) is 0 Å². The zero-order valence-electron chi connectivity index (χ0n) is 8.74. The van der Waals surface area contributed by atoms with Gasteiger partial charge in [-0.05, 0) is 6.92 Å². The number of aryl methyl sites for hydroxylation is 1. The normalized spacial score (nSPS) is 10.3. The van der Waals surface area contributed by atoms with Gasteiger partial charge in [0.25, 0.3) is 5.91 Å². The topological polar surface area (TPSA) is 112 Å². The molecule has 2 rings (SSSR count). The minimum atomic E-state index is -0.282. The fourth-order valence-corrected chi connectivity index (χ4v) is 1.30. The van der Waals surface area contributed by atoms with Crippen molar-refractivity contribution in [1.29, 1.82) is 0 Å². The number of rotatable bonds is 3. The van der Waals surface area contributed by atoms with E-state index in [0.29, 0.717) is 12.2 Å². The predicted molar refractivity (Wildman–Crippen MR) is 57.5 cm³/mol. The first-order valence-electron chi connectivity index (χ1n) is 4.74. The molecule has 2 aromatic rings. The summed E-state index contributed by atoms with van der Waals surface area (Å²) in [5.41, 5.74) is 8.03. The highest BCUT2D eigenvalue weighted by atomic mass is 16.1. The van der Waals surface area contributed by atoms with Crippen molar-refractivity contribution in [1.82, 2.24) is 25.7 Å². The molecule has 0 fully saturated rings. The number of nitrogen functional groups attached to an aromatic ring is 1. The van der Waals surface area contributed by atoms with Crippen LogP contribution < -0.4 is 11.1 Å². The summed E-state index contributed by atoms with van der Waals surface area (Å²) < 4.78 is 0. The molecular weight excluding hydrogens is 208 g/mol. The van der Waals surface area contributed by atoms with Crippen molar-refractivity contribution < 1.29 is 4.79 Å². The number of H-pyrrole nitrogens is 2. The smallest absolute Gasteiger partial charge is 0.271 e. The van der Waals surface area contributed by atoms with Crippen molar-refractivity contribution in [2.75, 3.05) is 5.73 Å². The van der Waals surface area contributed by atoms with E-state index in [9.17, 15) is 4.79 Å². The lowest BCUT2D eigenvalue weighted by molar-refractivity contribution is 0.0947. The van der Waals surface area contributed by atoms with Crippen LogP contribution in [0.2, 0.25) is 0 Å². The van der Waals surface area contributed by atoms with Crippen LogP contribution in [0.4, 0.5) is 5.69 Å². The molecule has 16 heavy (non-hydrogen) atoms. The highest BCUT2D eigenvalue weighted by molar-refractivity contribution is 5.96. The second-order valence-electron chi connectivity index (χ2n) is 3.40. The van der Waals surface area contributed by atoms with Gasteiger partial charge in [-0.2, -0.15) is 10.2 Å².